The molecule has 0 aromatic heterocycles. The molecule has 0 heterocycles. The van der Waals surface area contributed by atoms with Gasteiger partial charge in [0.2, 0.25) is 5.91 Å². The highest BCUT2D eigenvalue weighted by Gasteiger charge is 2.29. The molecule has 7 heteroatoms. The molecule has 1 saturated carbocycles. The lowest BCUT2D eigenvalue weighted by atomic mass is 9.84. The van der Waals surface area contributed by atoms with Gasteiger partial charge >= 0.3 is 12.1 Å². The second-order valence-corrected chi connectivity index (χ2v) is 10.5. The lowest BCUT2D eigenvalue weighted by Gasteiger charge is -2.30. The Labute approximate surface area is 213 Å². The number of ether oxygens (including phenoxy) is 2. The fourth-order valence-corrected chi connectivity index (χ4v) is 4.40. The van der Waals surface area contributed by atoms with E-state index in [1.54, 1.807) is 0 Å². The van der Waals surface area contributed by atoms with E-state index in [0.29, 0.717) is 12.8 Å². The SMILES string of the molecule is CC(C)(C)OC(=O)CC1CCC(NC(=O)[C@H](Cc2ccccc2)NC(=O)OCc2ccccc2)CC1. The highest BCUT2D eigenvalue weighted by Crippen LogP contribution is 2.28. The average molecular weight is 495 g/mol. The van der Waals surface area contributed by atoms with Crippen LogP contribution in [0.2, 0.25) is 0 Å². The Bertz CT molecular complexity index is 980. The van der Waals surface area contributed by atoms with Gasteiger partial charge in [-0.05, 0) is 63.5 Å². The molecular formula is C29H38N2O5. The predicted molar refractivity (Wildman–Crippen MR) is 138 cm³/mol. The topological polar surface area (TPSA) is 93.7 Å². The maximum Gasteiger partial charge on any atom is 0.408 e. The van der Waals surface area contributed by atoms with Crippen LogP contribution in [0.4, 0.5) is 4.79 Å². The third kappa shape index (κ3) is 9.72. The second kappa shape index (κ2) is 13.1. The largest absolute Gasteiger partial charge is 0.460 e. The Kier molecular flexibility index (Phi) is 9.91. The van der Waals surface area contributed by atoms with E-state index < -0.39 is 17.7 Å². The van der Waals surface area contributed by atoms with Crippen molar-refractivity contribution in [3.63, 3.8) is 0 Å². The fourth-order valence-electron chi connectivity index (χ4n) is 4.40. The molecule has 2 aromatic rings. The van der Waals surface area contributed by atoms with Gasteiger partial charge in [-0.25, -0.2) is 4.79 Å². The molecular weight excluding hydrogens is 456 g/mol. The molecule has 0 radical (unpaired) electrons. The van der Waals surface area contributed by atoms with E-state index in [9.17, 15) is 14.4 Å². The number of hydrogen-bond acceptors (Lipinski definition) is 5. The number of alkyl carbamates (subject to hydrolysis) is 1. The molecule has 0 aliphatic heterocycles. The van der Waals surface area contributed by atoms with Crippen LogP contribution in [0, 0.1) is 5.92 Å². The first kappa shape index (κ1) is 27.2. The molecule has 2 amide bonds. The van der Waals surface area contributed by atoms with E-state index in [1.165, 1.54) is 0 Å². The minimum absolute atomic E-state index is 0.00722. The second-order valence-electron chi connectivity index (χ2n) is 10.5. The monoisotopic (exact) mass is 494 g/mol. The van der Waals surface area contributed by atoms with Crippen molar-refractivity contribution in [2.75, 3.05) is 0 Å². The summed E-state index contributed by atoms with van der Waals surface area (Å²) in [5, 5.41) is 5.85. The zero-order valence-corrected chi connectivity index (χ0v) is 21.5. The van der Waals surface area contributed by atoms with Gasteiger partial charge in [0.1, 0.15) is 18.2 Å². The number of rotatable bonds is 9. The number of amides is 2. The average Bonchev–Trinajstić information content (AvgIpc) is 2.83. The zero-order chi connectivity index (χ0) is 26.0. The minimum Gasteiger partial charge on any atom is -0.460 e. The molecule has 194 valence electrons. The lowest BCUT2D eigenvalue weighted by molar-refractivity contribution is -0.156. The van der Waals surface area contributed by atoms with Crippen molar-refractivity contribution in [3.8, 4) is 0 Å². The van der Waals surface area contributed by atoms with Crippen LogP contribution < -0.4 is 10.6 Å². The Morgan fingerprint density at radius 1 is 0.889 bits per heavy atom. The van der Waals surface area contributed by atoms with E-state index in [-0.39, 0.29) is 30.4 Å². The number of hydrogen-bond donors (Lipinski definition) is 2. The summed E-state index contributed by atoms with van der Waals surface area (Å²) in [5.74, 6) is -0.138. The number of benzene rings is 2. The molecule has 0 bridgehead atoms. The Morgan fingerprint density at radius 2 is 1.47 bits per heavy atom. The first-order valence-corrected chi connectivity index (χ1v) is 12.7. The third-order valence-electron chi connectivity index (χ3n) is 6.17. The number of carbonyl (C=O) groups excluding carboxylic acids is 3. The van der Waals surface area contributed by atoms with Crippen LogP contribution in [0.1, 0.15) is 64.0 Å². The summed E-state index contributed by atoms with van der Waals surface area (Å²) in [6.45, 7) is 5.74. The zero-order valence-electron chi connectivity index (χ0n) is 21.5. The maximum absolute atomic E-state index is 13.2. The van der Waals surface area contributed by atoms with Gasteiger partial charge < -0.3 is 20.1 Å². The van der Waals surface area contributed by atoms with E-state index in [4.69, 9.17) is 9.47 Å². The van der Waals surface area contributed by atoms with Crippen molar-refractivity contribution in [2.24, 2.45) is 5.92 Å². The van der Waals surface area contributed by atoms with Crippen LogP contribution >= 0.6 is 0 Å². The summed E-state index contributed by atoms with van der Waals surface area (Å²) in [6.07, 6.45) is 3.41. The van der Waals surface area contributed by atoms with Crippen LogP contribution in [-0.4, -0.2) is 35.7 Å². The van der Waals surface area contributed by atoms with Gasteiger partial charge in [0.05, 0.1) is 0 Å². The lowest BCUT2D eigenvalue weighted by Crippen LogP contribution is -2.51. The van der Waals surface area contributed by atoms with E-state index in [2.05, 4.69) is 10.6 Å². The van der Waals surface area contributed by atoms with Gasteiger partial charge in [-0.3, -0.25) is 9.59 Å². The summed E-state index contributed by atoms with van der Waals surface area (Å²) in [5.41, 5.74) is 1.34. The van der Waals surface area contributed by atoms with E-state index >= 15 is 0 Å². The van der Waals surface area contributed by atoms with Crippen LogP contribution in [0.25, 0.3) is 0 Å². The fraction of sp³-hybridized carbons (Fsp3) is 0.483. The molecule has 1 aliphatic rings. The molecule has 1 fully saturated rings. The highest BCUT2D eigenvalue weighted by atomic mass is 16.6. The Morgan fingerprint density at radius 3 is 2.06 bits per heavy atom. The molecule has 7 nitrogen and oxygen atoms in total. The summed E-state index contributed by atoms with van der Waals surface area (Å²) in [7, 11) is 0. The van der Waals surface area contributed by atoms with Gasteiger partial charge in [0, 0.05) is 18.9 Å². The Balaban J connectivity index is 1.52. The smallest absolute Gasteiger partial charge is 0.408 e. The van der Waals surface area contributed by atoms with Crippen LogP contribution in [0.5, 0.6) is 0 Å². The van der Waals surface area contributed by atoms with Gasteiger partial charge in [0.25, 0.3) is 0 Å². The quantitative estimate of drug-likeness (QED) is 0.482. The van der Waals surface area contributed by atoms with E-state index in [0.717, 1.165) is 36.8 Å². The van der Waals surface area contributed by atoms with Crippen LogP contribution in [0.3, 0.4) is 0 Å². The van der Waals surface area contributed by atoms with Crippen molar-refractivity contribution in [3.05, 3.63) is 71.8 Å². The number of esters is 1. The van der Waals surface area contributed by atoms with Crippen LogP contribution in [-0.2, 0) is 32.1 Å². The molecule has 36 heavy (non-hydrogen) atoms. The third-order valence-corrected chi connectivity index (χ3v) is 6.17. The highest BCUT2D eigenvalue weighted by molar-refractivity contribution is 5.86. The molecule has 0 spiro atoms. The van der Waals surface area contributed by atoms with Gasteiger partial charge in [-0.1, -0.05) is 60.7 Å². The molecule has 0 saturated heterocycles. The van der Waals surface area contributed by atoms with Crippen molar-refractivity contribution in [1.82, 2.24) is 10.6 Å². The van der Waals surface area contributed by atoms with Crippen molar-refractivity contribution < 1.29 is 23.9 Å². The van der Waals surface area contributed by atoms with Crippen molar-refractivity contribution in [2.45, 2.75) is 83.6 Å². The Hall–Kier alpha value is -3.35. The maximum atomic E-state index is 13.2. The summed E-state index contributed by atoms with van der Waals surface area (Å²) < 4.78 is 10.8. The molecule has 2 aromatic carbocycles. The first-order valence-electron chi connectivity index (χ1n) is 12.7. The minimum atomic E-state index is -0.754. The standard InChI is InChI=1S/C29H38N2O5/c1-29(2,3)36-26(32)19-22-14-16-24(17-15-22)30-27(33)25(18-21-10-6-4-7-11-21)31-28(34)35-20-23-12-8-5-9-13-23/h4-13,22,24-25H,14-20H2,1-3H3,(H,30,33)(H,31,34)/t22?,24?,25-/m0/s1. The molecule has 2 N–H and O–H groups in total. The van der Waals surface area contributed by atoms with Gasteiger partial charge in [0.15, 0.2) is 0 Å². The van der Waals surface area contributed by atoms with E-state index in [1.807, 2.05) is 81.4 Å². The number of carbonyl (C=O) groups is 3. The molecule has 1 atom stereocenters. The summed E-state index contributed by atoms with van der Waals surface area (Å²) in [4.78, 5) is 37.8. The predicted octanol–water partition coefficient (Wildman–Crippen LogP) is 4.93. The molecule has 0 unspecified atom stereocenters. The first-order chi connectivity index (χ1) is 17.2. The van der Waals surface area contributed by atoms with Gasteiger partial charge in [-0.15, -0.1) is 0 Å². The van der Waals surface area contributed by atoms with Crippen molar-refractivity contribution in [1.29, 1.82) is 0 Å². The summed E-state index contributed by atoms with van der Waals surface area (Å²) >= 11 is 0. The van der Waals surface area contributed by atoms with Crippen LogP contribution in [0.15, 0.2) is 60.7 Å². The van der Waals surface area contributed by atoms with Crippen molar-refractivity contribution >= 4 is 18.0 Å². The number of nitrogens with one attached hydrogen (secondary N) is 2. The molecule has 1 aliphatic carbocycles. The normalized spacial score (nSPS) is 18.5. The molecule has 3 rings (SSSR count). The van der Waals surface area contributed by atoms with Gasteiger partial charge in [-0.2, -0.15) is 0 Å². The summed E-state index contributed by atoms with van der Waals surface area (Å²) in [6, 6.07) is 18.2.